The Labute approximate surface area is 102 Å². The molecule has 6 nitrogen and oxygen atoms in total. The molecular formula is C10H13N5OS. The number of anilines is 1. The first-order chi connectivity index (χ1) is 8.09. The number of hydrogen-bond acceptors (Lipinski definition) is 5. The van der Waals surface area contributed by atoms with Crippen molar-refractivity contribution < 1.29 is 4.79 Å². The summed E-state index contributed by atoms with van der Waals surface area (Å²) in [6.45, 7) is 1.88. The third-order valence-electron chi connectivity index (χ3n) is 2.35. The molecule has 3 N–H and O–H groups in total. The quantitative estimate of drug-likeness (QED) is 0.850. The number of nitrogens with zero attached hydrogens (tertiary/aromatic N) is 3. The van der Waals surface area contributed by atoms with E-state index in [9.17, 15) is 4.79 Å². The van der Waals surface area contributed by atoms with E-state index in [1.807, 2.05) is 12.3 Å². The molecule has 17 heavy (non-hydrogen) atoms. The predicted octanol–water partition coefficient (Wildman–Crippen LogP) is 0.950. The topological polar surface area (TPSA) is 85.8 Å². The molecule has 0 fully saturated rings. The second-order valence-corrected chi connectivity index (χ2v) is 4.56. The van der Waals surface area contributed by atoms with E-state index in [0.717, 1.165) is 5.01 Å². The minimum absolute atomic E-state index is 0.142. The molecule has 0 spiro atoms. The second kappa shape index (κ2) is 4.54. The van der Waals surface area contributed by atoms with Gasteiger partial charge in [-0.2, -0.15) is 5.10 Å². The minimum atomic E-state index is -0.245. The summed E-state index contributed by atoms with van der Waals surface area (Å²) in [5.74, 6) is -0.245. The van der Waals surface area contributed by atoms with E-state index in [0.29, 0.717) is 11.4 Å². The van der Waals surface area contributed by atoms with E-state index in [1.54, 1.807) is 13.2 Å². The van der Waals surface area contributed by atoms with Crippen LogP contribution in [0.5, 0.6) is 0 Å². The Morgan fingerprint density at radius 2 is 2.41 bits per heavy atom. The highest BCUT2D eigenvalue weighted by molar-refractivity contribution is 7.09. The SMILES string of the molecule is CC(NC(=O)c1c(N)cnn1C)c1nccs1. The number of aryl methyl sites for hydroxylation is 1. The average molecular weight is 251 g/mol. The molecule has 7 heteroatoms. The molecule has 1 atom stereocenters. The molecule has 0 radical (unpaired) electrons. The Balaban J connectivity index is 2.12. The lowest BCUT2D eigenvalue weighted by Crippen LogP contribution is -2.29. The molecule has 0 aliphatic carbocycles. The fourth-order valence-electron chi connectivity index (χ4n) is 1.51. The van der Waals surface area contributed by atoms with Crippen molar-refractivity contribution in [2.45, 2.75) is 13.0 Å². The Hall–Kier alpha value is -1.89. The van der Waals surface area contributed by atoms with Crippen LogP contribution in [-0.2, 0) is 7.05 Å². The summed E-state index contributed by atoms with van der Waals surface area (Å²) in [6, 6.07) is -0.142. The highest BCUT2D eigenvalue weighted by atomic mass is 32.1. The fourth-order valence-corrected chi connectivity index (χ4v) is 2.15. The zero-order valence-electron chi connectivity index (χ0n) is 9.54. The maximum atomic E-state index is 12.0. The van der Waals surface area contributed by atoms with Crippen molar-refractivity contribution in [3.63, 3.8) is 0 Å². The first-order valence-electron chi connectivity index (χ1n) is 5.07. The zero-order valence-corrected chi connectivity index (χ0v) is 10.4. The molecule has 0 aliphatic rings. The normalized spacial score (nSPS) is 12.4. The van der Waals surface area contributed by atoms with Crippen LogP contribution in [0, 0.1) is 0 Å². The average Bonchev–Trinajstić information content (AvgIpc) is 2.88. The lowest BCUT2D eigenvalue weighted by atomic mass is 10.3. The molecule has 1 amide bonds. The summed E-state index contributed by atoms with van der Waals surface area (Å²) in [6.07, 6.45) is 3.17. The van der Waals surface area contributed by atoms with Gasteiger partial charge in [0.1, 0.15) is 10.7 Å². The number of nitrogens with two attached hydrogens (primary N) is 1. The highest BCUT2D eigenvalue weighted by Crippen LogP contribution is 2.16. The van der Waals surface area contributed by atoms with Crippen LogP contribution in [0.4, 0.5) is 5.69 Å². The van der Waals surface area contributed by atoms with Gasteiger partial charge in [0.05, 0.1) is 17.9 Å². The van der Waals surface area contributed by atoms with Gasteiger partial charge in [0, 0.05) is 18.6 Å². The van der Waals surface area contributed by atoms with E-state index >= 15 is 0 Å². The smallest absolute Gasteiger partial charge is 0.272 e. The Bertz CT molecular complexity index is 499. The molecule has 1 unspecified atom stereocenters. The Morgan fingerprint density at radius 3 is 2.94 bits per heavy atom. The van der Waals surface area contributed by atoms with Gasteiger partial charge in [0.25, 0.3) is 5.91 Å². The molecule has 90 valence electrons. The molecule has 0 bridgehead atoms. The molecule has 2 heterocycles. The number of hydrogen-bond donors (Lipinski definition) is 2. The number of amides is 1. The lowest BCUT2D eigenvalue weighted by Gasteiger charge is -2.11. The number of nitrogens with one attached hydrogen (secondary N) is 1. The van der Waals surface area contributed by atoms with Gasteiger partial charge in [-0.1, -0.05) is 0 Å². The second-order valence-electron chi connectivity index (χ2n) is 3.64. The number of thiazole rings is 1. The van der Waals surface area contributed by atoms with Crippen molar-refractivity contribution in [3.8, 4) is 0 Å². The van der Waals surface area contributed by atoms with Crippen molar-refractivity contribution >= 4 is 22.9 Å². The highest BCUT2D eigenvalue weighted by Gasteiger charge is 2.18. The van der Waals surface area contributed by atoms with Crippen LogP contribution in [0.25, 0.3) is 0 Å². The van der Waals surface area contributed by atoms with Gasteiger partial charge in [-0.3, -0.25) is 9.48 Å². The van der Waals surface area contributed by atoms with E-state index in [1.165, 1.54) is 22.2 Å². The minimum Gasteiger partial charge on any atom is -0.396 e. The summed E-state index contributed by atoms with van der Waals surface area (Å²) < 4.78 is 1.46. The van der Waals surface area contributed by atoms with Crippen molar-refractivity contribution in [1.82, 2.24) is 20.1 Å². The van der Waals surface area contributed by atoms with E-state index in [2.05, 4.69) is 15.4 Å². The first kappa shape index (κ1) is 11.6. The standard InChI is InChI=1S/C10H13N5OS/c1-6(10-12-3-4-17-10)14-9(16)8-7(11)5-13-15(8)2/h3-6H,11H2,1-2H3,(H,14,16). The van der Waals surface area contributed by atoms with Crippen LogP contribution < -0.4 is 11.1 Å². The monoisotopic (exact) mass is 251 g/mol. The van der Waals surface area contributed by atoms with Gasteiger partial charge in [-0.05, 0) is 6.92 Å². The molecule has 2 rings (SSSR count). The molecule has 0 saturated carbocycles. The van der Waals surface area contributed by atoms with E-state index in [4.69, 9.17) is 5.73 Å². The van der Waals surface area contributed by atoms with Crippen molar-refractivity contribution in [1.29, 1.82) is 0 Å². The first-order valence-corrected chi connectivity index (χ1v) is 5.95. The van der Waals surface area contributed by atoms with Crippen LogP contribution >= 0.6 is 11.3 Å². The predicted molar refractivity (Wildman–Crippen MR) is 65.6 cm³/mol. The van der Waals surface area contributed by atoms with E-state index in [-0.39, 0.29) is 11.9 Å². The molecule has 2 aromatic rings. The van der Waals surface area contributed by atoms with Crippen LogP contribution in [0.3, 0.4) is 0 Å². The number of nitrogen functional groups attached to an aromatic ring is 1. The molecule has 2 aromatic heterocycles. The van der Waals surface area contributed by atoms with Crippen LogP contribution in [0.2, 0.25) is 0 Å². The summed E-state index contributed by atoms with van der Waals surface area (Å²) in [5, 5.41) is 9.49. The summed E-state index contributed by atoms with van der Waals surface area (Å²) in [5.41, 5.74) is 6.42. The fraction of sp³-hybridized carbons (Fsp3) is 0.300. The maximum absolute atomic E-state index is 12.0. The molecule has 0 aromatic carbocycles. The van der Waals surface area contributed by atoms with Gasteiger partial charge in [-0.15, -0.1) is 11.3 Å². The van der Waals surface area contributed by atoms with Gasteiger partial charge in [0.2, 0.25) is 0 Å². The van der Waals surface area contributed by atoms with Crippen LogP contribution in [0.15, 0.2) is 17.8 Å². The Kier molecular flexibility index (Phi) is 3.10. The lowest BCUT2D eigenvalue weighted by molar-refractivity contribution is 0.0931. The number of carbonyl (C=O) groups excluding carboxylic acids is 1. The van der Waals surface area contributed by atoms with E-state index < -0.39 is 0 Å². The molecule has 0 aliphatic heterocycles. The summed E-state index contributed by atoms with van der Waals surface area (Å²) in [7, 11) is 1.68. The molecule has 0 saturated heterocycles. The van der Waals surface area contributed by atoms with Crippen molar-refractivity contribution in [2.24, 2.45) is 7.05 Å². The van der Waals surface area contributed by atoms with Crippen LogP contribution in [-0.4, -0.2) is 20.7 Å². The number of aromatic nitrogens is 3. The Morgan fingerprint density at radius 1 is 1.65 bits per heavy atom. The van der Waals surface area contributed by atoms with Gasteiger partial charge in [0.15, 0.2) is 0 Å². The van der Waals surface area contributed by atoms with Gasteiger partial charge in [-0.25, -0.2) is 4.98 Å². The molecular weight excluding hydrogens is 238 g/mol. The van der Waals surface area contributed by atoms with Crippen molar-refractivity contribution in [2.75, 3.05) is 5.73 Å². The van der Waals surface area contributed by atoms with Crippen LogP contribution in [0.1, 0.15) is 28.5 Å². The van der Waals surface area contributed by atoms with Crippen molar-refractivity contribution in [3.05, 3.63) is 28.5 Å². The third-order valence-corrected chi connectivity index (χ3v) is 3.31. The van der Waals surface area contributed by atoms with Gasteiger partial charge >= 0.3 is 0 Å². The zero-order chi connectivity index (χ0) is 12.4. The maximum Gasteiger partial charge on any atom is 0.272 e. The largest absolute Gasteiger partial charge is 0.396 e. The number of carbonyl (C=O) groups is 1. The summed E-state index contributed by atoms with van der Waals surface area (Å²) >= 11 is 1.50. The third kappa shape index (κ3) is 2.28. The summed E-state index contributed by atoms with van der Waals surface area (Å²) in [4.78, 5) is 16.1. The number of rotatable bonds is 3. The van der Waals surface area contributed by atoms with Gasteiger partial charge < -0.3 is 11.1 Å².